The van der Waals surface area contributed by atoms with E-state index in [-0.39, 0.29) is 35.5 Å². The topological polar surface area (TPSA) is 63.5 Å². The van der Waals surface area contributed by atoms with Gasteiger partial charge in [-0.2, -0.15) is 13.2 Å². The maximum Gasteiger partial charge on any atom is 0.422 e. The molecule has 0 aliphatic rings. The molecule has 3 rings (SSSR count). The van der Waals surface area contributed by atoms with Crippen LogP contribution < -0.4 is 15.4 Å². The number of benzene rings is 2. The van der Waals surface area contributed by atoms with Crippen molar-refractivity contribution in [2.45, 2.75) is 19.3 Å². The van der Waals surface area contributed by atoms with Crippen LogP contribution in [0.3, 0.4) is 0 Å². The molecular weight excluding hydrogens is 541 g/mol. The fourth-order valence-corrected chi connectivity index (χ4v) is 2.73. The Morgan fingerprint density at radius 1 is 1.06 bits per heavy atom. The van der Waals surface area contributed by atoms with Crippen molar-refractivity contribution < 1.29 is 22.3 Å². The summed E-state index contributed by atoms with van der Waals surface area (Å²) >= 11 is 0. The molecule has 11 heteroatoms. The predicted octanol–water partition coefficient (Wildman–Crippen LogP) is 4.44. The lowest BCUT2D eigenvalue weighted by Crippen LogP contribution is -2.36. The molecule has 1 aromatic heterocycles. The van der Waals surface area contributed by atoms with Crippen molar-refractivity contribution in [3.05, 3.63) is 78.1 Å². The number of aliphatic imine (C=N–C) groups is 1. The van der Waals surface area contributed by atoms with E-state index in [1.54, 1.807) is 48.3 Å². The molecule has 0 radical (unpaired) electrons. The lowest BCUT2D eigenvalue weighted by atomic mass is 10.2. The molecule has 0 aliphatic heterocycles. The highest BCUT2D eigenvalue weighted by Gasteiger charge is 2.28. The maximum atomic E-state index is 14.3. The van der Waals surface area contributed by atoms with Crippen LogP contribution in [0, 0.1) is 5.82 Å². The third-order valence-corrected chi connectivity index (χ3v) is 4.26. The van der Waals surface area contributed by atoms with Gasteiger partial charge in [0, 0.05) is 32.5 Å². The van der Waals surface area contributed by atoms with Crippen molar-refractivity contribution in [1.29, 1.82) is 0 Å². The molecule has 0 saturated heterocycles. The number of hydrogen-bond donors (Lipinski definition) is 2. The minimum absolute atomic E-state index is 0. The monoisotopic (exact) mass is 563 g/mol. The van der Waals surface area contributed by atoms with Gasteiger partial charge < -0.3 is 19.9 Å². The molecule has 172 valence electrons. The summed E-state index contributed by atoms with van der Waals surface area (Å²) in [4.78, 5) is 8.02. The van der Waals surface area contributed by atoms with Gasteiger partial charge in [0.2, 0.25) is 0 Å². The van der Waals surface area contributed by atoms with E-state index in [4.69, 9.17) is 0 Å². The molecule has 0 amide bonds. The zero-order chi connectivity index (χ0) is 22.3. The molecular formula is C21H22F4IN5O. The Balaban J connectivity index is 0.00000363. The summed E-state index contributed by atoms with van der Waals surface area (Å²) in [5.74, 6) is 0.273. The van der Waals surface area contributed by atoms with Crippen LogP contribution in [0.4, 0.5) is 17.6 Å². The number of nitrogens with one attached hydrogen (secondary N) is 2. The van der Waals surface area contributed by atoms with Gasteiger partial charge in [0.05, 0.1) is 12.0 Å². The van der Waals surface area contributed by atoms with E-state index in [9.17, 15) is 17.6 Å². The first-order chi connectivity index (χ1) is 14.8. The van der Waals surface area contributed by atoms with Gasteiger partial charge in [0.15, 0.2) is 12.6 Å². The Morgan fingerprint density at radius 2 is 1.72 bits per heavy atom. The number of guanidine groups is 1. The van der Waals surface area contributed by atoms with Gasteiger partial charge >= 0.3 is 6.18 Å². The minimum atomic E-state index is -4.37. The zero-order valence-corrected chi connectivity index (χ0v) is 19.4. The summed E-state index contributed by atoms with van der Waals surface area (Å²) in [6.07, 6.45) is 0.392. The van der Waals surface area contributed by atoms with E-state index in [1.165, 1.54) is 24.5 Å². The molecule has 32 heavy (non-hydrogen) atoms. The lowest BCUT2D eigenvalue weighted by molar-refractivity contribution is -0.153. The summed E-state index contributed by atoms with van der Waals surface area (Å²) in [6, 6.07) is 11.2. The normalized spacial score (nSPS) is 11.6. The van der Waals surface area contributed by atoms with Crippen LogP contribution in [0.15, 0.2) is 66.2 Å². The number of nitrogens with zero attached hydrogens (tertiary/aromatic N) is 3. The molecule has 6 nitrogen and oxygen atoms in total. The quantitative estimate of drug-likeness (QED) is 0.193. The van der Waals surface area contributed by atoms with Crippen LogP contribution in [-0.4, -0.2) is 35.3 Å². The highest BCUT2D eigenvalue weighted by atomic mass is 127. The van der Waals surface area contributed by atoms with Crippen LogP contribution in [-0.2, 0) is 13.1 Å². The molecule has 0 fully saturated rings. The largest absolute Gasteiger partial charge is 0.484 e. The lowest BCUT2D eigenvalue weighted by Gasteiger charge is -2.13. The van der Waals surface area contributed by atoms with Crippen molar-refractivity contribution >= 4 is 29.9 Å². The molecule has 1 heterocycles. The first-order valence-corrected chi connectivity index (χ1v) is 9.34. The molecule has 2 aromatic carbocycles. The van der Waals surface area contributed by atoms with Gasteiger partial charge in [-0.1, -0.05) is 18.2 Å². The van der Waals surface area contributed by atoms with E-state index < -0.39 is 12.8 Å². The Labute approximate surface area is 199 Å². The Hall–Kier alpha value is -2.83. The second kappa shape index (κ2) is 11.7. The van der Waals surface area contributed by atoms with Gasteiger partial charge in [-0.25, -0.2) is 9.37 Å². The molecule has 3 aromatic rings. The smallest absolute Gasteiger partial charge is 0.422 e. The van der Waals surface area contributed by atoms with Crippen LogP contribution in [0.2, 0.25) is 0 Å². The molecule has 2 N–H and O–H groups in total. The van der Waals surface area contributed by atoms with E-state index in [0.717, 1.165) is 11.1 Å². The average molecular weight is 563 g/mol. The number of imidazole rings is 1. The van der Waals surface area contributed by atoms with E-state index >= 15 is 0 Å². The van der Waals surface area contributed by atoms with Crippen molar-refractivity contribution in [2.24, 2.45) is 4.99 Å². The van der Waals surface area contributed by atoms with Crippen LogP contribution in [0.1, 0.15) is 11.1 Å². The fraction of sp³-hybridized carbons (Fsp3) is 0.238. The Morgan fingerprint density at radius 3 is 2.28 bits per heavy atom. The summed E-state index contributed by atoms with van der Waals surface area (Å²) in [7, 11) is 1.60. The predicted molar refractivity (Wildman–Crippen MR) is 124 cm³/mol. The summed E-state index contributed by atoms with van der Waals surface area (Å²) in [5.41, 5.74) is 1.97. The Kier molecular flexibility index (Phi) is 9.29. The molecule has 0 unspecified atom stereocenters. The third-order valence-electron chi connectivity index (χ3n) is 4.26. The summed E-state index contributed by atoms with van der Waals surface area (Å²) in [6.45, 7) is -0.580. The van der Waals surface area contributed by atoms with E-state index in [1.807, 2.05) is 0 Å². The number of rotatable bonds is 7. The van der Waals surface area contributed by atoms with Crippen molar-refractivity contribution in [3.63, 3.8) is 0 Å². The fourth-order valence-electron chi connectivity index (χ4n) is 2.73. The summed E-state index contributed by atoms with van der Waals surface area (Å²) < 4.78 is 57.2. The summed E-state index contributed by atoms with van der Waals surface area (Å²) in [5, 5.41) is 6.18. The van der Waals surface area contributed by atoms with Gasteiger partial charge in [0.1, 0.15) is 11.6 Å². The number of ether oxygens (including phenoxy) is 1. The maximum absolute atomic E-state index is 14.3. The zero-order valence-electron chi connectivity index (χ0n) is 17.1. The Bertz CT molecular complexity index is 1010. The highest BCUT2D eigenvalue weighted by Crippen LogP contribution is 2.19. The highest BCUT2D eigenvalue weighted by molar-refractivity contribution is 14.0. The SMILES string of the molecule is CN=C(NCc1ccc(OCC(F)(F)F)cc1)NCc1ccc(-n2ccnc2)c(F)c1.I. The first-order valence-electron chi connectivity index (χ1n) is 9.34. The number of hydrogen-bond acceptors (Lipinski definition) is 3. The second-order valence-corrected chi connectivity index (χ2v) is 6.58. The van der Waals surface area contributed by atoms with Crippen LogP contribution in [0.5, 0.6) is 5.75 Å². The molecule has 0 aliphatic carbocycles. The van der Waals surface area contributed by atoms with Crippen LogP contribution >= 0.6 is 24.0 Å². The number of aromatic nitrogens is 2. The van der Waals surface area contributed by atoms with Crippen molar-refractivity contribution in [3.8, 4) is 11.4 Å². The standard InChI is InChI=1S/C21H21F4N5O.HI/c1-26-20(28-11-15-2-5-17(6-3-15)31-13-21(23,24)25)29-12-16-4-7-19(18(22)10-16)30-9-8-27-14-30;/h2-10,14H,11-13H2,1H3,(H2,26,28,29);1H. The van der Waals surface area contributed by atoms with Crippen LogP contribution in [0.25, 0.3) is 5.69 Å². The van der Waals surface area contributed by atoms with Gasteiger partial charge in [0.25, 0.3) is 0 Å². The van der Waals surface area contributed by atoms with E-state index in [2.05, 4.69) is 25.3 Å². The van der Waals surface area contributed by atoms with Crippen molar-refractivity contribution in [1.82, 2.24) is 20.2 Å². The first kappa shape index (κ1) is 25.4. The minimum Gasteiger partial charge on any atom is -0.484 e. The van der Waals surface area contributed by atoms with Crippen molar-refractivity contribution in [2.75, 3.05) is 13.7 Å². The van der Waals surface area contributed by atoms with Gasteiger partial charge in [-0.3, -0.25) is 4.99 Å². The number of alkyl halides is 3. The molecule has 0 bridgehead atoms. The molecule has 0 spiro atoms. The van der Waals surface area contributed by atoms with Gasteiger partial charge in [-0.05, 0) is 35.4 Å². The van der Waals surface area contributed by atoms with Gasteiger partial charge in [-0.15, -0.1) is 24.0 Å². The molecule has 0 saturated carbocycles. The average Bonchev–Trinajstić information content (AvgIpc) is 3.27. The number of halogens is 5. The molecule has 0 atom stereocenters. The third kappa shape index (κ3) is 7.70. The van der Waals surface area contributed by atoms with E-state index in [0.29, 0.717) is 24.7 Å². The second-order valence-electron chi connectivity index (χ2n) is 6.58.